The zero-order valence-corrected chi connectivity index (χ0v) is 15.1. The molecule has 1 aliphatic heterocycles. The molecule has 28 heavy (non-hydrogen) atoms. The normalized spacial score (nSPS) is 13.7. The first-order valence-corrected chi connectivity index (χ1v) is 9.71. The lowest BCUT2D eigenvalue weighted by Gasteiger charge is -2.13. The van der Waals surface area contributed by atoms with E-state index < -0.39 is 32.4 Å². The molecule has 1 aliphatic rings. The number of halogens is 3. The quantitative estimate of drug-likeness (QED) is 0.530. The average molecular weight is 413 g/mol. The first-order chi connectivity index (χ1) is 13.0. The second-order valence-corrected chi connectivity index (χ2v) is 8.11. The second kappa shape index (κ2) is 6.91. The van der Waals surface area contributed by atoms with Crippen LogP contribution in [0.4, 0.5) is 24.5 Å². The lowest BCUT2D eigenvalue weighted by atomic mass is 10.1. The van der Waals surface area contributed by atoms with Gasteiger partial charge in [-0.25, -0.2) is 18.9 Å². The predicted octanol–water partition coefficient (Wildman–Crippen LogP) is 2.93. The Morgan fingerprint density at radius 3 is 2.54 bits per heavy atom. The molecule has 3 N–H and O–H groups in total. The molecule has 0 saturated carbocycles. The molecule has 0 aromatic heterocycles. The highest BCUT2D eigenvalue weighted by Gasteiger charge is 2.37. The minimum Gasteiger partial charge on any atom is -0.343 e. The van der Waals surface area contributed by atoms with Crippen LogP contribution in [0.3, 0.4) is 0 Å². The van der Waals surface area contributed by atoms with Crippen molar-refractivity contribution in [1.29, 1.82) is 0 Å². The molecule has 2 aromatic rings. The largest absolute Gasteiger partial charge is 0.417 e. The zero-order valence-electron chi connectivity index (χ0n) is 14.3. The molecule has 3 rings (SSSR count). The van der Waals surface area contributed by atoms with Crippen LogP contribution in [0.25, 0.3) is 0 Å². The average Bonchev–Trinajstić information content (AvgIpc) is 3.00. The number of amides is 1. The molecule has 0 spiro atoms. The van der Waals surface area contributed by atoms with Gasteiger partial charge in [0.15, 0.2) is 9.84 Å². The number of amidine groups is 1. The van der Waals surface area contributed by atoms with Crippen molar-refractivity contribution in [3.05, 3.63) is 53.1 Å². The van der Waals surface area contributed by atoms with Crippen LogP contribution in [-0.4, -0.2) is 31.6 Å². The first-order valence-electron chi connectivity index (χ1n) is 7.82. The Labute approximate surface area is 157 Å². The van der Waals surface area contributed by atoms with Crippen LogP contribution in [0.5, 0.6) is 0 Å². The van der Waals surface area contributed by atoms with E-state index >= 15 is 0 Å². The molecule has 11 heteroatoms. The Bertz CT molecular complexity index is 1100. The molecule has 1 amide bonds. The molecule has 148 valence electrons. The Kier molecular flexibility index (Phi) is 4.90. The summed E-state index contributed by atoms with van der Waals surface area (Å²) < 4.78 is 63.4. The minimum atomic E-state index is -4.82. The number of hydrogen-bond donors (Lipinski definition) is 3. The van der Waals surface area contributed by atoms with Crippen LogP contribution < -0.4 is 10.8 Å². The predicted molar refractivity (Wildman–Crippen MR) is 94.7 cm³/mol. The fraction of sp³-hybridized carbons (Fsp3) is 0.176. The molecule has 0 fully saturated rings. The van der Waals surface area contributed by atoms with Gasteiger partial charge >= 0.3 is 6.18 Å². The van der Waals surface area contributed by atoms with Gasteiger partial charge in [-0.3, -0.25) is 10.0 Å². The van der Waals surface area contributed by atoms with Crippen molar-refractivity contribution >= 4 is 33.0 Å². The summed E-state index contributed by atoms with van der Waals surface area (Å²) in [5.74, 6) is -0.441. The Hall–Kier alpha value is -2.92. The number of nitrogens with zero attached hydrogens (tertiary/aromatic N) is 1. The highest BCUT2D eigenvalue weighted by molar-refractivity contribution is 7.90. The maximum atomic E-state index is 13.3. The molecule has 0 unspecified atom stereocenters. The number of fused-ring (bicyclic) bond motifs is 1. The first kappa shape index (κ1) is 19.8. The van der Waals surface area contributed by atoms with Gasteiger partial charge in [0.1, 0.15) is 5.84 Å². The number of anilines is 1. The summed E-state index contributed by atoms with van der Waals surface area (Å²) in [5.41, 5.74) is 1.20. The van der Waals surface area contributed by atoms with Gasteiger partial charge in [-0.15, -0.1) is 0 Å². The van der Waals surface area contributed by atoms with E-state index in [4.69, 9.17) is 5.21 Å². The smallest absolute Gasteiger partial charge is 0.343 e. The van der Waals surface area contributed by atoms with E-state index in [-0.39, 0.29) is 29.1 Å². The third-order valence-corrected chi connectivity index (χ3v) is 5.15. The van der Waals surface area contributed by atoms with Gasteiger partial charge in [0.2, 0.25) is 0 Å². The van der Waals surface area contributed by atoms with Gasteiger partial charge in [0, 0.05) is 23.9 Å². The molecule has 7 nitrogen and oxygen atoms in total. The number of benzene rings is 2. The molecule has 0 radical (unpaired) electrons. The van der Waals surface area contributed by atoms with Gasteiger partial charge < -0.3 is 5.32 Å². The number of carbonyl (C=O) groups excluding carboxylic acids is 1. The summed E-state index contributed by atoms with van der Waals surface area (Å²) in [6.45, 7) is 0. The van der Waals surface area contributed by atoms with E-state index in [0.717, 1.165) is 12.1 Å². The van der Waals surface area contributed by atoms with Crippen molar-refractivity contribution < 1.29 is 31.6 Å². The van der Waals surface area contributed by atoms with Crippen LogP contribution in [0.2, 0.25) is 0 Å². The van der Waals surface area contributed by atoms with E-state index in [1.807, 2.05) is 0 Å². The number of carbonyl (C=O) groups is 1. The fourth-order valence-electron chi connectivity index (χ4n) is 2.79. The van der Waals surface area contributed by atoms with E-state index in [2.05, 4.69) is 10.3 Å². The molecule has 1 heterocycles. The van der Waals surface area contributed by atoms with Crippen molar-refractivity contribution in [3.8, 4) is 0 Å². The van der Waals surface area contributed by atoms with Crippen LogP contribution in [0.15, 0.2) is 46.3 Å². The number of hydrogen-bond acceptors (Lipinski definition) is 6. The number of aliphatic imine (C=N–C) groups is 1. The van der Waals surface area contributed by atoms with Crippen molar-refractivity contribution in [1.82, 2.24) is 5.48 Å². The van der Waals surface area contributed by atoms with Gasteiger partial charge in [-0.1, -0.05) is 6.07 Å². The van der Waals surface area contributed by atoms with E-state index in [0.29, 0.717) is 11.9 Å². The molecular weight excluding hydrogens is 399 g/mol. The van der Waals surface area contributed by atoms with Gasteiger partial charge in [0.25, 0.3) is 5.91 Å². The SMILES string of the molecule is CS(=O)(=O)c1cc2c(cc1C(F)(F)F)CC(Nc1cccc(C(=O)NO)c1)=N2. The molecular formula is C17H14F3N3O4S. The summed E-state index contributed by atoms with van der Waals surface area (Å²) in [5, 5.41) is 11.6. The maximum Gasteiger partial charge on any atom is 0.417 e. The Balaban J connectivity index is 1.94. The van der Waals surface area contributed by atoms with E-state index in [9.17, 15) is 26.4 Å². The molecule has 0 bridgehead atoms. The monoisotopic (exact) mass is 413 g/mol. The van der Waals surface area contributed by atoms with Crippen LogP contribution >= 0.6 is 0 Å². The van der Waals surface area contributed by atoms with Crippen molar-refractivity contribution in [3.63, 3.8) is 0 Å². The topological polar surface area (TPSA) is 108 Å². The highest BCUT2D eigenvalue weighted by Crippen LogP contribution is 2.40. The minimum absolute atomic E-state index is 0.0267. The number of hydroxylamine groups is 1. The zero-order chi connectivity index (χ0) is 20.7. The number of sulfone groups is 1. The standard InChI is InChI=1S/C17H14F3N3O4S/c1-28(26,27)14-8-13-10(6-12(14)17(18,19)20)7-15(22-13)21-11-4-2-3-9(5-11)16(24)23-25/h2-6,8,25H,7H2,1H3,(H,21,22)(H,23,24). The van der Waals surface area contributed by atoms with Crippen LogP contribution in [-0.2, 0) is 22.4 Å². The lowest BCUT2D eigenvalue weighted by Crippen LogP contribution is -2.19. The summed E-state index contributed by atoms with van der Waals surface area (Å²) in [7, 11) is -4.11. The summed E-state index contributed by atoms with van der Waals surface area (Å²) >= 11 is 0. The molecule has 0 atom stereocenters. The van der Waals surface area contributed by atoms with Crippen molar-refractivity contribution in [2.24, 2.45) is 4.99 Å². The Morgan fingerprint density at radius 1 is 1.21 bits per heavy atom. The lowest BCUT2D eigenvalue weighted by molar-refractivity contribution is -0.139. The van der Waals surface area contributed by atoms with Gasteiger partial charge in [-0.05, 0) is 35.9 Å². The summed E-state index contributed by atoms with van der Waals surface area (Å²) in [6, 6.07) is 7.72. The second-order valence-electron chi connectivity index (χ2n) is 6.13. The third kappa shape index (κ3) is 3.99. The summed E-state index contributed by atoms with van der Waals surface area (Å²) in [4.78, 5) is 14.8. The van der Waals surface area contributed by atoms with Gasteiger partial charge in [-0.2, -0.15) is 13.2 Å². The van der Waals surface area contributed by atoms with Crippen LogP contribution in [0, 0.1) is 0 Å². The van der Waals surface area contributed by atoms with E-state index in [1.54, 1.807) is 12.1 Å². The third-order valence-electron chi connectivity index (χ3n) is 4.01. The number of nitrogens with one attached hydrogen (secondary N) is 2. The highest BCUT2D eigenvalue weighted by atomic mass is 32.2. The number of rotatable bonds is 3. The maximum absolute atomic E-state index is 13.3. The van der Waals surface area contributed by atoms with Crippen LogP contribution in [0.1, 0.15) is 21.5 Å². The number of alkyl halides is 3. The van der Waals surface area contributed by atoms with Crippen molar-refractivity contribution in [2.45, 2.75) is 17.5 Å². The van der Waals surface area contributed by atoms with E-state index in [1.165, 1.54) is 17.6 Å². The summed E-state index contributed by atoms with van der Waals surface area (Å²) in [6.07, 6.45) is -4.09. The molecule has 0 aliphatic carbocycles. The molecule has 2 aromatic carbocycles. The Morgan fingerprint density at radius 2 is 1.93 bits per heavy atom. The molecule has 0 saturated heterocycles. The van der Waals surface area contributed by atoms with Gasteiger partial charge in [0.05, 0.1) is 16.1 Å². The fourth-order valence-corrected chi connectivity index (χ4v) is 3.69. The van der Waals surface area contributed by atoms with Crippen molar-refractivity contribution in [2.75, 3.05) is 11.6 Å².